The van der Waals surface area contributed by atoms with Gasteiger partial charge in [-0.15, -0.1) is 0 Å². The van der Waals surface area contributed by atoms with Crippen molar-refractivity contribution < 1.29 is 9.59 Å². The number of carbonyl (C=O) groups excluding carboxylic acids is 2. The van der Waals surface area contributed by atoms with Gasteiger partial charge in [-0.05, 0) is 28.5 Å². The van der Waals surface area contributed by atoms with Crippen LogP contribution in [-0.2, 0) is 21.4 Å². The minimum Gasteiger partial charge on any atom is -0.352 e. The second-order valence-corrected chi connectivity index (χ2v) is 8.14. The molecular formula is C23H28N2O2. The molecule has 0 bridgehead atoms. The lowest BCUT2D eigenvalue weighted by atomic mass is 9.86. The van der Waals surface area contributed by atoms with Crippen LogP contribution in [0.25, 0.3) is 0 Å². The number of piperazine rings is 1. The van der Waals surface area contributed by atoms with E-state index < -0.39 is 6.04 Å². The molecule has 1 unspecified atom stereocenters. The maximum absolute atomic E-state index is 12.9. The largest absolute Gasteiger partial charge is 0.352 e. The topological polar surface area (TPSA) is 49.4 Å². The Labute approximate surface area is 161 Å². The number of aryl methyl sites for hydroxylation is 1. The minimum absolute atomic E-state index is 0.0265. The Balaban J connectivity index is 1.68. The van der Waals surface area contributed by atoms with Crippen molar-refractivity contribution in [2.45, 2.75) is 45.1 Å². The van der Waals surface area contributed by atoms with Crippen LogP contribution in [0.4, 0.5) is 0 Å². The SMILES string of the molecule is CC(C)(C)c1ccc(CCC(=O)N2CCNC(=O)C2c2ccccc2)cc1. The zero-order chi connectivity index (χ0) is 19.4. The molecule has 2 amide bonds. The van der Waals surface area contributed by atoms with Crippen LogP contribution in [0.15, 0.2) is 54.6 Å². The second kappa shape index (κ2) is 7.95. The minimum atomic E-state index is -0.532. The summed E-state index contributed by atoms with van der Waals surface area (Å²) in [5, 5.41) is 2.88. The van der Waals surface area contributed by atoms with Crippen LogP contribution in [0.5, 0.6) is 0 Å². The van der Waals surface area contributed by atoms with Crippen molar-refractivity contribution in [2.75, 3.05) is 13.1 Å². The third kappa shape index (κ3) is 4.57. The van der Waals surface area contributed by atoms with Gasteiger partial charge in [-0.2, -0.15) is 0 Å². The van der Waals surface area contributed by atoms with Crippen LogP contribution in [0.1, 0.15) is 49.9 Å². The summed E-state index contributed by atoms with van der Waals surface area (Å²) >= 11 is 0. The molecule has 4 nitrogen and oxygen atoms in total. The van der Waals surface area contributed by atoms with Crippen LogP contribution >= 0.6 is 0 Å². The molecule has 1 aliphatic heterocycles. The first-order valence-electron chi connectivity index (χ1n) is 9.58. The summed E-state index contributed by atoms with van der Waals surface area (Å²) in [4.78, 5) is 27.0. The number of nitrogens with one attached hydrogen (secondary N) is 1. The number of rotatable bonds is 4. The molecule has 0 aliphatic carbocycles. The smallest absolute Gasteiger partial charge is 0.247 e. The maximum Gasteiger partial charge on any atom is 0.247 e. The predicted octanol–water partition coefficient (Wildman–Crippen LogP) is 3.62. The summed E-state index contributed by atoms with van der Waals surface area (Å²) in [6, 6.07) is 17.5. The highest BCUT2D eigenvalue weighted by Crippen LogP contribution is 2.25. The normalized spacial score (nSPS) is 17.5. The van der Waals surface area contributed by atoms with E-state index in [1.807, 2.05) is 30.3 Å². The van der Waals surface area contributed by atoms with Crippen LogP contribution in [0, 0.1) is 0 Å². The molecule has 1 N–H and O–H groups in total. The van der Waals surface area contributed by atoms with Crippen molar-refractivity contribution in [1.82, 2.24) is 10.2 Å². The molecule has 0 saturated carbocycles. The molecule has 4 heteroatoms. The van der Waals surface area contributed by atoms with Crippen LogP contribution < -0.4 is 5.32 Å². The lowest BCUT2D eigenvalue weighted by Gasteiger charge is -2.35. The summed E-state index contributed by atoms with van der Waals surface area (Å²) in [6.07, 6.45) is 1.09. The van der Waals surface area contributed by atoms with E-state index in [1.165, 1.54) is 5.56 Å². The molecule has 1 fully saturated rings. The van der Waals surface area contributed by atoms with E-state index in [0.29, 0.717) is 25.9 Å². The van der Waals surface area contributed by atoms with Gasteiger partial charge in [-0.25, -0.2) is 0 Å². The van der Waals surface area contributed by atoms with Crippen LogP contribution in [0.3, 0.4) is 0 Å². The van der Waals surface area contributed by atoms with Crippen molar-refractivity contribution in [1.29, 1.82) is 0 Å². The molecule has 0 aromatic heterocycles. The molecule has 2 aromatic rings. The fraction of sp³-hybridized carbons (Fsp3) is 0.391. The molecule has 2 aromatic carbocycles. The number of nitrogens with zero attached hydrogens (tertiary/aromatic N) is 1. The quantitative estimate of drug-likeness (QED) is 0.901. The van der Waals surface area contributed by atoms with Gasteiger partial charge in [0.05, 0.1) is 0 Å². The highest BCUT2D eigenvalue weighted by atomic mass is 16.2. The molecule has 1 heterocycles. The third-order valence-corrected chi connectivity index (χ3v) is 5.10. The molecule has 3 rings (SSSR count). The Kier molecular flexibility index (Phi) is 5.64. The van der Waals surface area contributed by atoms with Gasteiger partial charge in [-0.1, -0.05) is 75.4 Å². The van der Waals surface area contributed by atoms with E-state index in [1.54, 1.807) is 4.90 Å². The fourth-order valence-corrected chi connectivity index (χ4v) is 3.47. The van der Waals surface area contributed by atoms with Gasteiger partial charge >= 0.3 is 0 Å². The average Bonchev–Trinajstić information content (AvgIpc) is 2.66. The standard InChI is InChI=1S/C23H28N2O2/c1-23(2,3)19-12-9-17(10-13-19)11-14-20(26)25-16-15-24-22(27)21(25)18-7-5-4-6-8-18/h4-10,12-13,21H,11,14-16H2,1-3H3,(H,24,27). The summed E-state index contributed by atoms with van der Waals surface area (Å²) in [6.45, 7) is 7.63. The molecule has 0 radical (unpaired) electrons. The zero-order valence-electron chi connectivity index (χ0n) is 16.4. The monoisotopic (exact) mass is 364 g/mol. The Bertz CT molecular complexity index is 791. The van der Waals surface area contributed by atoms with Crippen LogP contribution in [0.2, 0.25) is 0 Å². The first kappa shape index (κ1) is 19.2. The van der Waals surface area contributed by atoms with E-state index in [-0.39, 0.29) is 17.2 Å². The average molecular weight is 364 g/mol. The number of benzene rings is 2. The van der Waals surface area contributed by atoms with Crippen molar-refractivity contribution in [2.24, 2.45) is 0 Å². The maximum atomic E-state index is 12.9. The molecule has 0 spiro atoms. The summed E-state index contributed by atoms with van der Waals surface area (Å²) < 4.78 is 0. The lowest BCUT2D eigenvalue weighted by Crippen LogP contribution is -2.52. The highest BCUT2D eigenvalue weighted by Gasteiger charge is 2.33. The molecule has 1 aliphatic rings. The summed E-state index contributed by atoms with van der Waals surface area (Å²) in [5.41, 5.74) is 3.42. The molecule has 27 heavy (non-hydrogen) atoms. The van der Waals surface area contributed by atoms with E-state index in [2.05, 4.69) is 50.4 Å². The second-order valence-electron chi connectivity index (χ2n) is 8.14. The van der Waals surface area contributed by atoms with Gasteiger partial charge in [0.1, 0.15) is 6.04 Å². The number of carbonyl (C=O) groups is 2. The van der Waals surface area contributed by atoms with Crippen molar-refractivity contribution in [3.63, 3.8) is 0 Å². The van der Waals surface area contributed by atoms with Crippen LogP contribution in [-0.4, -0.2) is 29.8 Å². The van der Waals surface area contributed by atoms with E-state index in [9.17, 15) is 9.59 Å². The van der Waals surface area contributed by atoms with Crippen molar-refractivity contribution >= 4 is 11.8 Å². The zero-order valence-corrected chi connectivity index (χ0v) is 16.4. The van der Waals surface area contributed by atoms with E-state index in [4.69, 9.17) is 0 Å². The van der Waals surface area contributed by atoms with Gasteiger partial charge in [-0.3, -0.25) is 9.59 Å². The Morgan fingerprint density at radius 3 is 2.37 bits per heavy atom. The Hall–Kier alpha value is -2.62. The van der Waals surface area contributed by atoms with E-state index in [0.717, 1.165) is 11.1 Å². The van der Waals surface area contributed by atoms with Gasteiger partial charge < -0.3 is 10.2 Å². The van der Waals surface area contributed by atoms with E-state index >= 15 is 0 Å². The third-order valence-electron chi connectivity index (χ3n) is 5.10. The predicted molar refractivity (Wildman–Crippen MR) is 107 cm³/mol. The molecular weight excluding hydrogens is 336 g/mol. The van der Waals surface area contributed by atoms with Gasteiger partial charge in [0.2, 0.25) is 11.8 Å². The first-order valence-corrected chi connectivity index (χ1v) is 9.58. The van der Waals surface area contributed by atoms with Gasteiger partial charge in [0.15, 0.2) is 0 Å². The number of hydrogen-bond acceptors (Lipinski definition) is 2. The number of amides is 2. The summed E-state index contributed by atoms with van der Waals surface area (Å²) in [5.74, 6) is -0.0751. The highest BCUT2D eigenvalue weighted by molar-refractivity contribution is 5.89. The molecule has 142 valence electrons. The molecule has 1 atom stereocenters. The summed E-state index contributed by atoms with van der Waals surface area (Å²) in [7, 11) is 0. The Morgan fingerprint density at radius 2 is 1.74 bits per heavy atom. The molecule has 1 saturated heterocycles. The van der Waals surface area contributed by atoms with Gasteiger partial charge in [0, 0.05) is 19.5 Å². The Morgan fingerprint density at radius 1 is 1.07 bits per heavy atom. The van der Waals surface area contributed by atoms with Crippen molar-refractivity contribution in [3.8, 4) is 0 Å². The fourth-order valence-electron chi connectivity index (χ4n) is 3.47. The first-order chi connectivity index (χ1) is 12.9. The number of hydrogen-bond donors (Lipinski definition) is 1. The lowest BCUT2D eigenvalue weighted by molar-refractivity contribution is -0.143. The van der Waals surface area contributed by atoms with Crippen molar-refractivity contribution in [3.05, 3.63) is 71.3 Å². The van der Waals surface area contributed by atoms with Gasteiger partial charge in [0.25, 0.3) is 0 Å².